The van der Waals surface area contributed by atoms with Gasteiger partial charge < -0.3 is 10.2 Å². The van der Waals surface area contributed by atoms with E-state index in [1.807, 2.05) is 12.1 Å². The van der Waals surface area contributed by atoms with Crippen molar-refractivity contribution >= 4 is 23.1 Å². The molecule has 1 aromatic heterocycles. The van der Waals surface area contributed by atoms with E-state index in [1.165, 1.54) is 11.1 Å². The van der Waals surface area contributed by atoms with Crippen LogP contribution >= 0.6 is 0 Å². The first kappa shape index (κ1) is 18.9. The van der Waals surface area contributed by atoms with Gasteiger partial charge in [0.1, 0.15) is 5.82 Å². The molecule has 0 saturated carbocycles. The molecule has 3 aromatic rings. The van der Waals surface area contributed by atoms with Crippen LogP contribution in [-0.4, -0.2) is 17.0 Å². The molecule has 0 aliphatic rings. The maximum absolute atomic E-state index is 4.87. The third-order valence-electron chi connectivity index (χ3n) is 4.89. The smallest absolute Gasteiger partial charge is 0.229 e. The minimum atomic E-state index is 0.647. The number of aryl methyl sites for hydroxylation is 3. The highest BCUT2D eigenvalue weighted by Gasteiger charge is 2.16. The second-order valence-corrected chi connectivity index (χ2v) is 6.98. The van der Waals surface area contributed by atoms with Gasteiger partial charge in [-0.3, -0.25) is 0 Å². The molecule has 0 aliphatic carbocycles. The molecule has 0 spiro atoms. The molecule has 140 valence electrons. The van der Waals surface area contributed by atoms with Crippen molar-refractivity contribution in [2.45, 2.75) is 40.5 Å². The highest BCUT2D eigenvalue weighted by atomic mass is 15.2. The Kier molecular flexibility index (Phi) is 5.75. The molecule has 0 fully saturated rings. The molecule has 4 nitrogen and oxygen atoms in total. The summed E-state index contributed by atoms with van der Waals surface area (Å²) in [6.45, 7) is 8.51. The van der Waals surface area contributed by atoms with Crippen molar-refractivity contribution in [2.75, 3.05) is 17.3 Å². The molecule has 0 bridgehead atoms. The first-order chi connectivity index (χ1) is 13.0. The summed E-state index contributed by atoms with van der Waals surface area (Å²) in [7, 11) is 2.07. The van der Waals surface area contributed by atoms with Crippen LogP contribution in [0.5, 0.6) is 0 Å². The number of rotatable bonds is 6. The molecule has 0 unspecified atom stereocenters. The Morgan fingerprint density at radius 1 is 0.889 bits per heavy atom. The quantitative estimate of drug-likeness (QED) is 0.597. The van der Waals surface area contributed by atoms with Crippen molar-refractivity contribution in [3.05, 3.63) is 70.9 Å². The van der Waals surface area contributed by atoms with Crippen LogP contribution < -0.4 is 10.2 Å². The molecule has 27 heavy (non-hydrogen) atoms. The van der Waals surface area contributed by atoms with Crippen molar-refractivity contribution in [1.29, 1.82) is 0 Å². The molecule has 0 aliphatic heterocycles. The van der Waals surface area contributed by atoms with Gasteiger partial charge >= 0.3 is 0 Å². The number of anilines is 4. The lowest BCUT2D eigenvalue weighted by molar-refractivity contribution is 0.858. The molecule has 2 aromatic carbocycles. The van der Waals surface area contributed by atoms with Crippen molar-refractivity contribution in [3.63, 3.8) is 0 Å². The van der Waals surface area contributed by atoms with Crippen LogP contribution in [0.3, 0.4) is 0 Å². The summed E-state index contributed by atoms with van der Waals surface area (Å²) in [6.07, 6.45) is 1.99. The second kappa shape index (κ2) is 8.21. The summed E-state index contributed by atoms with van der Waals surface area (Å²) < 4.78 is 0. The van der Waals surface area contributed by atoms with Gasteiger partial charge in [-0.25, -0.2) is 4.98 Å². The Morgan fingerprint density at radius 2 is 1.56 bits per heavy atom. The van der Waals surface area contributed by atoms with Crippen LogP contribution in [0.2, 0.25) is 0 Å². The topological polar surface area (TPSA) is 41.1 Å². The third kappa shape index (κ3) is 4.11. The predicted octanol–water partition coefficient (Wildman–Crippen LogP) is 5.87. The van der Waals surface area contributed by atoms with Crippen LogP contribution in [0.25, 0.3) is 0 Å². The Morgan fingerprint density at radius 3 is 2.22 bits per heavy atom. The zero-order valence-corrected chi connectivity index (χ0v) is 16.9. The second-order valence-electron chi connectivity index (χ2n) is 6.98. The van der Waals surface area contributed by atoms with Gasteiger partial charge in [0, 0.05) is 24.0 Å². The fraction of sp³-hybridized carbons (Fsp3) is 0.304. The fourth-order valence-electron chi connectivity index (χ4n) is 3.30. The van der Waals surface area contributed by atoms with E-state index in [-0.39, 0.29) is 0 Å². The molecule has 0 saturated heterocycles. The van der Waals surface area contributed by atoms with Crippen LogP contribution in [0.1, 0.15) is 35.7 Å². The number of nitrogens with one attached hydrogen (secondary N) is 1. The first-order valence-electron chi connectivity index (χ1n) is 9.50. The van der Waals surface area contributed by atoms with Crippen molar-refractivity contribution < 1.29 is 0 Å². The number of para-hydroxylation sites is 2. The average molecular weight is 361 g/mol. The van der Waals surface area contributed by atoms with Gasteiger partial charge in [0.05, 0.1) is 5.69 Å². The Balaban J connectivity index is 2.06. The standard InChI is InChI=1S/C23H28N4/c1-6-11-20-18(4)22(27(5)21-15-10-8-13-17(21)3)26-23(25-20)24-19-14-9-7-12-16(19)2/h7-10,12-15H,6,11H2,1-5H3,(H,24,25,26). The van der Waals surface area contributed by atoms with Gasteiger partial charge in [0.25, 0.3) is 0 Å². The van der Waals surface area contributed by atoms with Crippen LogP contribution in [0.4, 0.5) is 23.1 Å². The van der Waals surface area contributed by atoms with E-state index in [4.69, 9.17) is 9.97 Å². The number of nitrogens with zero attached hydrogens (tertiary/aromatic N) is 3. The number of hydrogen-bond donors (Lipinski definition) is 1. The van der Waals surface area contributed by atoms with E-state index < -0.39 is 0 Å². The maximum Gasteiger partial charge on any atom is 0.229 e. The lowest BCUT2D eigenvalue weighted by atomic mass is 10.1. The van der Waals surface area contributed by atoms with Gasteiger partial charge in [0.15, 0.2) is 0 Å². The average Bonchev–Trinajstić information content (AvgIpc) is 2.66. The minimum Gasteiger partial charge on any atom is -0.329 e. The van der Waals surface area contributed by atoms with Crippen LogP contribution in [0, 0.1) is 20.8 Å². The van der Waals surface area contributed by atoms with Gasteiger partial charge in [-0.05, 0) is 50.5 Å². The molecule has 3 rings (SSSR count). The van der Waals surface area contributed by atoms with Crippen molar-refractivity contribution in [1.82, 2.24) is 9.97 Å². The number of hydrogen-bond acceptors (Lipinski definition) is 4. The zero-order valence-electron chi connectivity index (χ0n) is 16.9. The van der Waals surface area contributed by atoms with Crippen molar-refractivity contribution in [2.24, 2.45) is 0 Å². The lowest BCUT2D eigenvalue weighted by Gasteiger charge is -2.24. The SMILES string of the molecule is CCCc1nc(Nc2ccccc2C)nc(N(C)c2ccccc2C)c1C. The van der Waals surface area contributed by atoms with Gasteiger partial charge in [-0.1, -0.05) is 49.7 Å². The molecule has 4 heteroatoms. The minimum absolute atomic E-state index is 0.647. The summed E-state index contributed by atoms with van der Waals surface area (Å²) in [5.41, 5.74) is 6.82. The number of benzene rings is 2. The molecule has 0 radical (unpaired) electrons. The largest absolute Gasteiger partial charge is 0.329 e. The molecule has 0 atom stereocenters. The summed E-state index contributed by atoms with van der Waals surface area (Å²) in [5, 5.41) is 3.41. The van der Waals surface area contributed by atoms with E-state index >= 15 is 0 Å². The van der Waals surface area contributed by atoms with E-state index in [0.29, 0.717) is 5.95 Å². The molecular formula is C23H28N4. The van der Waals surface area contributed by atoms with Gasteiger partial charge in [0.2, 0.25) is 5.95 Å². The maximum atomic E-state index is 4.87. The first-order valence-corrected chi connectivity index (χ1v) is 9.50. The van der Waals surface area contributed by atoms with E-state index in [0.717, 1.165) is 41.3 Å². The highest BCUT2D eigenvalue weighted by molar-refractivity contribution is 5.68. The monoisotopic (exact) mass is 360 g/mol. The molecule has 1 heterocycles. The summed E-state index contributed by atoms with van der Waals surface area (Å²) in [4.78, 5) is 11.8. The Bertz CT molecular complexity index is 933. The fourth-order valence-corrected chi connectivity index (χ4v) is 3.30. The van der Waals surface area contributed by atoms with Crippen molar-refractivity contribution in [3.8, 4) is 0 Å². The lowest BCUT2D eigenvalue weighted by Crippen LogP contribution is -2.17. The Labute approximate surface area is 162 Å². The summed E-state index contributed by atoms with van der Waals surface area (Å²) >= 11 is 0. The van der Waals surface area contributed by atoms with E-state index in [2.05, 4.69) is 81.4 Å². The van der Waals surface area contributed by atoms with Gasteiger partial charge in [-0.15, -0.1) is 0 Å². The molecule has 1 N–H and O–H groups in total. The zero-order chi connectivity index (χ0) is 19.4. The summed E-state index contributed by atoms with van der Waals surface area (Å²) in [5.74, 6) is 1.59. The molecule has 0 amide bonds. The highest BCUT2D eigenvalue weighted by Crippen LogP contribution is 2.30. The third-order valence-corrected chi connectivity index (χ3v) is 4.89. The van der Waals surface area contributed by atoms with E-state index in [1.54, 1.807) is 0 Å². The normalized spacial score (nSPS) is 10.7. The predicted molar refractivity (Wildman–Crippen MR) is 114 cm³/mol. The van der Waals surface area contributed by atoms with Crippen LogP contribution in [0.15, 0.2) is 48.5 Å². The number of aromatic nitrogens is 2. The molecular weight excluding hydrogens is 332 g/mol. The van der Waals surface area contributed by atoms with Gasteiger partial charge in [-0.2, -0.15) is 4.98 Å². The van der Waals surface area contributed by atoms with Crippen LogP contribution in [-0.2, 0) is 6.42 Å². The Hall–Kier alpha value is -2.88. The summed E-state index contributed by atoms with van der Waals surface area (Å²) in [6, 6.07) is 16.6. The van der Waals surface area contributed by atoms with E-state index in [9.17, 15) is 0 Å².